The van der Waals surface area contributed by atoms with Crippen molar-refractivity contribution in [3.63, 3.8) is 0 Å². The zero-order chi connectivity index (χ0) is 27.8. The Morgan fingerprint density at radius 2 is 1.65 bits per heavy atom. The second kappa shape index (κ2) is 11.4. The fraction of sp³-hybridized carbons (Fsp3) is 0.500. The summed E-state index contributed by atoms with van der Waals surface area (Å²) in [6.07, 6.45) is 0.295. The minimum atomic E-state index is -1.23. The van der Waals surface area contributed by atoms with Gasteiger partial charge in [-0.15, -0.1) is 0 Å². The van der Waals surface area contributed by atoms with Crippen molar-refractivity contribution in [2.75, 3.05) is 24.7 Å². The molecule has 0 saturated carbocycles. The molecule has 2 saturated heterocycles. The third-order valence-electron chi connectivity index (χ3n) is 6.65. The van der Waals surface area contributed by atoms with E-state index in [1.165, 1.54) is 29.9 Å². The highest BCUT2D eigenvalue weighted by atomic mass is 31.1. The molecule has 2 aliphatic rings. The third kappa shape index (κ3) is 4.87. The van der Waals surface area contributed by atoms with Crippen molar-refractivity contribution in [3.05, 3.63) is 25.3 Å². The number of aromatic nitrogens is 8. The Balaban J connectivity index is 1.12. The minimum absolute atomic E-state index is 0.0601. The Morgan fingerprint density at radius 1 is 1.00 bits per heavy atom. The van der Waals surface area contributed by atoms with E-state index in [4.69, 9.17) is 34.5 Å². The lowest BCUT2D eigenvalue weighted by molar-refractivity contribution is -0.0513. The van der Waals surface area contributed by atoms with Crippen LogP contribution in [0.15, 0.2) is 25.3 Å². The topological polar surface area (TPSA) is 243 Å². The molecule has 0 radical (unpaired) electrons. The summed E-state index contributed by atoms with van der Waals surface area (Å²) in [6, 6.07) is 0. The van der Waals surface area contributed by atoms with Gasteiger partial charge in [0.2, 0.25) is 0 Å². The number of rotatable bonds is 10. The molecule has 4 aromatic rings. The molecule has 0 aromatic carbocycles. The fourth-order valence-electron chi connectivity index (χ4n) is 4.77. The van der Waals surface area contributed by atoms with Gasteiger partial charge < -0.3 is 40.2 Å². The van der Waals surface area contributed by atoms with Gasteiger partial charge in [-0.3, -0.25) is 13.7 Å². The second-order valence-electron chi connectivity index (χ2n) is 8.98. The highest BCUT2D eigenvalue weighted by Gasteiger charge is 2.47. The quantitative estimate of drug-likeness (QED) is 0.138. The van der Waals surface area contributed by atoms with E-state index in [-0.39, 0.29) is 24.8 Å². The van der Waals surface area contributed by atoms with Gasteiger partial charge in [0.15, 0.2) is 44.4 Å². The van der Waals surface area contributed by atoms with E-state index in [9.17, 15) is 14.8 Å². The number of hydrogen-bond acceptors (Lipinski definition) is 16. The Hall–Kier alpha value is -3.05. The summed E-state index contributed by atoms with van der Waals surface area (Å²) in [6.45, 7) is -0.262. The largest absolute Gasteiger partial charge is 0.394 e. The van der Waals surface area contributed by atoms with Gasteiger partial charge in [-0.25, -0.2) is 34.5 Å². The maximum absolute atomic E-state index is 11.3. The van der Waals surface area contributed by atoms with Crippen molar-refractivity contribution in [2.24, 2.45) is 0 Å². The zero-order valence-corrected chi connectivity index (χ0v) is 22.4. The number of anilines is 2. The smallest absolute Gasteiger partial charge is 0.327 e. The maximum atomic E-state index is 11.3. The van der Waals surface area contributed by atoms with Gasteiger partial charge >= 0.3 is 8.69 Å². The number of hydrogen-bond donors (Lipinski definition) is 4. The summed E-state index contributed by atoms with van der Waals surface area (Å²) in [5.74, 6) is 0.409. The summed E-state index contributed by atoms with van der Waals surface area (Å²) >= 11 is 0. The van der Waals surface area contributed by atoms with Crippen molar-refractivity contribution in [2.45, 2.75) is 49.4 Å². The Labute approximate surface area is 228 Å². The van der Waals surface area contributed by atoms with Crippen LogP contribution in [-0.4, -0.2) is 93.0 Å². The van der Waals surface area contributed by atoms with E-state index in [0.717, 1.165) is 0 Å². The maximum Gasteiger partial charge on any atom is 0.327 e. The van der Waals surface area contributed by atoms with Crippen LogP contribution in [0.4, 0.5) is 11.6 Å². The van der Waals surface area contributed by atoms with Crippen molar-refractivity contribution >= 4 is 51.7 Å². The molecule has 0 amide bonds. The first-order chi connectivity index (χ1) is 19.5. The van der Waals surface area contributed by atoms with Crippen LogP contribution in [0.3, 0.4) is 0 Å². The molecule has 0 spiro atoms. The first-order valence-electron chi connectivity index (χ1n) is 12.0. The molecule has 6 rings (SSSR count). The molecule has 0 bridgehead atoms. The van der Waals surface area contributed by atoms with Gasteiger partial charge in [-0.1, -0.05) is 0 Å². The van der Waals surface area contributed by atoms with E-state index in [2.05, 4.69) is 29.9 Å². The SMILES string of the molecule is Nc1ncnc2c1ncn2[C@@H]1O[C@H](COPO[C@@H]2C[C@@H](CO)O[C@H]2n2cnc3c(N)ncnc32)[C@@H](OP=O)[C@H]1O. The van der Waals surface area contributed by atoms with Gasteiger partial charge in [0.25, 0.3) is 0 Å². The van der Waals surface area contributed by atoms with Crippen LogP contribution < -0.4 is 11.5 Å². The van der Waals surface area contributed by atoms with Gasteiger partial charge in [0.05, 0.1) is 32.0 Å². The number of ether oxygens (including phenoxy) is 2. The monoisotopic (exact) mass is 594 g/mol. The average molecular weight is 594 g/mol. The van der Waals surface area contributed by atoms with Crippen LogP contribution in [0.1, 0.15) is 18.9 Å². The molecule has 6 N–H and O–H groups in total. The van der Waals surface area contributed by atoms with E-state index in [0.29, 0.717) is 28.7 Å². The zero-order valence-electron chi connectivity index (χ0n) is 20.5. The Morgan fingerprint density at radius 3 is 2.27 bits per heavy atom. The number of aliphatic hydroxyl groups is 2. The molecule has 8 atom stereocenters. The van der Waals surface area contributed by atoms with Crippen LogP contribution in [0, 0.1) is 0 Å². The Bertz CT molecular complexity index is 1510. The van der Waals surface area contributed by atoms with Gasteiger partial charge in [-0.2, -0.15) is 0 Å². The molecule has 212 valence electrons. The van der Waals surface area contributed by atoms with Crippen LogP contribution >= 0.6 is 17.7 Å². The van der Waals surface area contributed by atoms with Gasteiger partial charge in [0, 0.05) is 6.42 Å². The number of imidazole rings is 2. The first-order valence-corrected chi connectivity index (χ1v) is 13.5. The highest BCUT2D eigenvalue weighted by Crippen LogP contribution is 2.39. The standard InChI is InChI=1S/C20H24N10O8P2/c21-15-11-17(25-4-23-15)29(6-27-11)19-9(1-8(2-31)35-19)37-40-34-3-10-14(38-39-33)13(32)20(36-10)30-7-28-12-16(22)24-5-26-18(12)30/h4-10,13-14,19-20,31-32,40H,1-3H2,(H2,21,23,25)(H2,22,24,26)/t8-,9+,10+,13+,14+,19+,20+/m0/s1. The predicted octanol–water partition coefficient (Wildman–Crippen LogP) is -0.129. The van der Waals surface area contributed by atoms with Crippen LogP contribution in [0.2, 0.25) is 0 Å². The highest BCUT2D eigenvalue weighted by molar-refractivity contribution is 7.26. The molecule has 6 heterocycles. The average Bonchev–Trinajstić information content (AvgIpc) is 3.73. The van der Waals surface area contributed by atoms with E-state index < -0.39 is 60.7 Å². The molecular weight excluding hydrogens is 570 g/mol. The summed E-state index contributed by atoms with van der Waals surface area (Å²) < 4.78 is 43.3. The number of nitrogens with two attached hydrogens (primary N) is 2. The third-order valence-corrected chi connectivity index (χ3v) is 7.66. The number of fused-ring (bicyclic) bond motifs is 2. The van der Waals surface area contributed by atoms with E-state index >= 15 is 0 Å². The summed E-state index contributed by atoms with van der Waals surface area (Å²) in [4.78, 5) is 24.7. The van der Waals surface area contributed by atoms with Crippen LogP contribution in [0.5, 0.6) is 0 Å². The predicted molar refractivity (Wildman–Crippen MR) is 137 cm³/mol. The first kappa shape index (κ1) is 27.1. The Kier molecular flexibility index (Phi) is 7.76. The molecule has 40 heavy (non-hydrogen) atoms. The lowest BCUT2D eigenvalue weighted by Crippen LogP contribution is -2.34. The lowest BCUT2D eigenvalue weighted by Gasteiger charge is -2.21. The van der Waals surface area contributed by atoms with Crippen LogP contribution in [-0.2, 0) is 27.6 Å². The number of aliphatic hydroxyl groups excluding tert-OH is 2. The molecular formula is C20H24N10O8P2. The fourth-order valence-corrected chi connectivity index (χ4v) is 5.77. The van der Waals surface area contributed by atoms with Crippen molar-refractivity contribution in [3.8, 4) is 0 Å². The summed E-state index contributed by atoms with van der Waals surface area (Å²) in [5.41, 5.74) is 13.3. The molecule has 2 fully saturated rings. The molecule has 0 aliphatic carbocycles. The number of nitrogens with zero attached hydrogens (tertiary/aromatic N) is 8. The van der Waals surface area contributed by atoms with E-state index in [1.54, 1.807) is 4.57 Å². The molecule has 4 aromatic heterocycles. The summed E-state index contributed by atoms with van der Waals surface area (Å²) in [5, 5.41) is 20.6. The van der Waals surface area contributed by atoms with Crippen LogP contribution in [0.25, 0.3) is 22.3 Å². The van der Waals surface area contributed by atoms with Crippen molar-refractivity contribution in [1.29, 1.82) is 0 Å². The van der Waals surface area contributed by atoms with Crippen molar-refractivity contribution < 1.29 is 37.8 Å². The molecule has 2 aliphatic heterocycles. The number of nitrogen functional groups attached to an aromatic ring is 2. The van der Waals surface area contributed by atoms with Crippen molar-refractivity contribution in [1.82, 2.24) is 39.0 Å². The normalized spacial score (nSPS) is 29.1. The lowest BCUT2D eigenvalue weighted by atomic mass is 10.1. The molecule has 20 heteroatoms. The van der Waals surface area contributed by atoms with Gasteiger partial charge in [-0.05, 0) is 0 Å². The molecule has 1 unspecified atom stereocenters. The van der Waals surface area contributed by atoms with Gasteiger partial charge in [0.1, 0.15) is 48.1 Å². The molecule has 18 nitrogen and oxygen atoms in total. The van der Waals surface area contributed by atoms with E-state index in [1.807, 2.05) is 0 Å². The summed E-state index contributed by atoms with van der Waals surface area (Å²) in [7, 11) is -1.11. The minimum Gasteiger partial charge on any atom is -0.394 e. The second-order valence-corrected chi connectivity index (χ2v) is 10.0.